The lowest BCUT2D eigenvalue weighted by atomic mass is 10.0. The van der Waals surface area contributed by atoms with Crippen LogP contribution in [0.4, 0.5) is 0 Å². The van der Waals surface area contributed by atoms with Crippen LogP contribution in [0.3, 0.4) is 0 Å². The maximum Gasteiger partial charge on any atom is 0.106 e. The highest BCUT2D eigenvalue weighted by molar-refractivity contribution is 8.00. The summed E-state index contributed by atoms with van der Waals surface area (Å²) in [5, 5.41) is 6.71. The molecule has 1 rings (SSSR count). The summed E-state index contributed by atoms with van der Waals surface area (Å²) in [5.41, 5.74) is 0. The quantitative estimate of drug-likeness (QED) is 0.797. The molecule has 1 aromatic rings. The smallest absolute Gasteiger partial charge is 0.106 e. The minimum absolute atomic E-state index is 0.400. The zero-order valence-electron chi connectivity index (χ0n) is 9.75. The number of hydrogen-bond donors (Lipinski definition) is 1. The van der Waals surface area contributed by atoms with E-state index >= 15 is 0 Å². The number of hydrogen-bond acceptors (Lipinski definition) is 4. The minimum Gasteiger partial charge on any atom is -0.309 e. The summed E-state index contributed by atoms with van der Waals surface area (Å²) in [6.07, 6.45) is 6.51. The molecule has 0 unspecified atom stereocenters. The Kier molecular flexibility index (Phi) is 5.64. The molecule has 86 valence electrons. The number of nitrogens with zero attached hydrogens (tertiary/aromatic N) is 1. The van der Waals surface area contributed by atoms with E-state index in [9.17, 15) is 0 Å². The van der Waals surface area contributed by atoms with Gasteiger partial charge in [-0.25, -0.2) is 4.98 Å². The van der Waals surface area contributed by atoms with Gasteiger partial charge in [0.25, 0.3) is 0 Å². The highest BCUT2D eigenvalue weighted by atomic mass is 32.2. The Morgan fingerprint density at radius 3 is 2.67 bits per heavy atom. The molecule has 0 atom stereocenters. The average Bonchev–Trinajstić information content (AvgIpc) is 2.78. The highest BCUT2D eigenvalue weighted by Crippen LogP contribution is 2.29. The molecule has 0 bridgehead atoms. The van der Waals surface area contributed by atoms with Crippen LogP contribution in [0, 0.1) is 0 Å². The van der Waals surface area contributed by atoms with E-state index in [0.29, 0.717) is 4.75 Å². The zero-order chi connectivity index (χ0) is 11.1. The van der Waals surface area contributed by atoms with Crippen molar-refractivity contribution in [1.29, 1.82) is 0 Å². The van der Waals surface area contributed by atoms with Crippen molar-refractivity contribution < 1.29 is 0 Å². The van der Waals surface area contributed by atoms with Crippen molar-refractivity contribution in [3.63, 3.8) is 0 Å². The van der Waals surface area contributed by atoms with E-state index < -0.39 is 0 Å². The Hall–Kier alpha value is -0.0600. The van der Waals surface area contributed by atoms with Crippen molar-refractivity contribution in [2.24, 2.45) is 0 Å². The van der Waals surface area contributed by atoms with Gasteiger partial charge < -0.3 is 5.32 Å². The Balaban J connectivity index is 2.34. The van der Waals surface area contributed by atoms with Crippen LogP contribution in [0.1, 0.15) is 31.7 Å². The Labute approximate surface area is 101 Å². The SMILES string of the molecule is CCC(CC)(CNCc1nccs1)SC. The topological polar surface area (TPSA) is 24.9 Å². The van der Waals surface area contributed by atoms with Gasteiger partial charge in [0.2, 0.25) is 0 Å². The van der Waals surface area contributed by atoms with Crippen molar-refractivity contribution in [3.05, 3.63) is 16.6 Å². The normalized spacial score (nSPS) is 11.9. The molecule has 0 fully saturated rings. The fourth-order valence-corrected chi connectivity index (χ4v) is 3.01. The number of nitrogens with one attached hydrogen (secondary N) is 1. The first kappa shape index (κ1) is 13.0. The van der Waals surface area contributed by atoms with Crippen LogP contribution in [-0.2, 0) is 6.54 Å². The summed E-state index contributed by atoms with van der Waals surface area (Å²) in [6.45, 7) is 6.51. The van der Waals surface area contributed by atoms with Crippen LogP contribution in [0.15, 0.2) is 11.6 Å². The molecule has 1 N–H and O–H groups in total. The summed E-state index contributed by atoms with van der Waals surface area (Å²) in [5.74, 6) is 0. The van der Waals surface area contributed by atoms with Gasteiger partial charge >= 0.3 is 0 Å². The van der Waals surface area contributed by atoms with Crippen LogP contribution in [0.25, 0.3) is 0 Å². The molecule has 0 aromatic carbocycles. The van der Waals surface area contributed by atoms with E-state index in [1.54, 1.807) is 11.3 Å². The summed E-state index contributed by atoms with van der Waals surface area (Å²) in [7, 11) is 0. The van der Waals surface area contributed by atoms with Gasteiger partial charge in [-0.05, 0) is 19.1 Å². The molecule has 0 aliphatic heterocycles. The van der Waals surface area contributed by atoms with Gasteiger partial charge in [-0.15, -0.1) is 11.3 Å². The van der Waals surface area contributed by atoms with E-state index in [2.05, 4.69) is 30.4 Å². The molecule has 1 aromatic heterocycles. The van der Waals surface area contributed by atoms with Crippen molar-refractivity contribution >= 4 is 23.1 Å². The van der Waals surface area contributed by atoms with Gasteiger partial charge in [-0.2, -0.15) is 11.8 Å². The number of aromatic nitrogens is 1. The Morgan fingerprint density at radius 2 is 2.20 bits per heavy atom. The van der Waals surface area contributed by atoms with Crippen LogP contribution in [0.5, 0.6) is 0 Å². The average molecular weight is 244 g/mol. The fraction of sp³-hybridized carbons (Fsp3) is 0.727. The second kappa shape index (κ2) is 6.51. The molecule has 0 aliphatic rings. The first-order chi connectivity index (χ1) is 7.26. The Morgan fingerprint density at radius 1 is 1.47 bits per heavy atom. The first-order valence-corrected chi connectivity index (χ1v) is 7.51. The molecule has 1 heterocycles. The van der Waals surface area contributed by atoms with Gasteiger partial charge in [-0.1, -0.05) is 13.8 Å². The van der Waals surface area contributed by atoms with E-state index in [1.807, 2.05) is 23.3 Å². The molecule has 0 saturated carbocycles. The van der Waals surface area contributed by atoms with E-state index in [1.165, 1.54) is 17.8 Å². The number of rotatable bonds is 7. The predicted molar refractivity (Wildman–Crippen MR) is 70.6 cm³/mol. The lowest BCUT2D eigenvalue weighted by Crippen LogP contribution is -2.36. The third kappa shape index (κ3) is 3.78. The predicted octanol–water partition coefficient (Wildman–Crippen LogP) is 3.15. The molecule has 0 amide bonds. The molecular formula is C11H20N2S2. The largest absolute Gasteiger partial charge is 0.309 e. The standard InChI is InChI=1S/C11H20N2S2/c1-4-11(5-2,14-3)9-12-8-10-13-6-7-15-10/h6-7,12H,4-5,8-9H2,1-3H3. The van der Waals surface area contributed by atoms with Gasteiger partial charge in [0.1, 0.15) is 5.01 Å². The van der Waals surface area contributed by atoms with Crippen molar-refractivity contribution in [2.75, 3.05) is 12.8 Å². The van der Waals surface area contributed by atoms with Gasteiger partial charge in [0, 0.05) is 29.4 Å². The minimum atomic E-state index is 0.400. The van der Waals surface area contributed by atoms with E-state index in [-0.39, 0.29) is 0 Å². The first-order valence-electron chi connectivity index (χ1n) is 5.40. The van der Waals surface area contributed by atoms with Crippen LogP contribution in [0.2, 0.25) is 0 Å². The third-order valence-corrected chi connectivity index (χ3v) is 5.30. The van der Waals surface area contributed by atoms with Gasteiger partial charge in [0.15, 0.2) is 0 Å². The second-order valence-corrected chi connectivity index (χ2v) is 5.88. The van der Waals surface area contributed by atoms with Gasteiger partial charge in [-0.3, -0.25) is 0 Å². The fourth-order valence-electron chi connectivity index (χ4n) is 1.60. The van der Waals surface area contributed by atoms with Crippen molar-refractivity contribution in [1.82, 2.24) is 10.3 Å². The van der Waals surface area contributed by atoms with Crippen LogP contribution < -0.4 is 5.32 Å². The number of thioether (sulfide) groups is 1. The maximum absolute atomic E-state index is 4.26. The lowest BCUT2D eigenvalue weighted by Gasteiger charge is -2.29. The summed E-state index contributed by atoms with van der Waals surface area (Å²) < 4.78 is 0.400. The Bertz CT molecular complexity index is 247. The molecule has 4 heteroatoms. The number of thiazole rings is 1. The molecule has 0 spiro atoms. The molecule has 2 nitrogen and oxygen atoms in total. The monoisotopic (exact) mass is 244 g/mol. The van der Waals surface area contributed by atoms with E-state index in [4.69, 9.17) is 0 Å². The molecule has 0 radical (unpaired) electrons. The van der Waals surface area contributed by atoms with Crippen LogP contribution >= 0.6 is 23.1 Å². The maximum atomic E-state index is 4.26. The van der Waals surface area contributed by atoms with Gasteiger partial charge in [0.05, 0.1) is 0 Å². The van der Waals surface area contributed by atoms with Crippen molar-refractivity contribution in [2.45, 2.75) is 38.0 Å². The van der Waals surface area contributed by atoms with Crippen molar-refractivity contribution in [3.8, 4) is 0 Å². The molecular weight excluding hydrogens is 224 g/mol. The highest BCUT2D eigenvalue weighted by Gasteiger charge is 2.23. The second-order valence-electron chi connectivity index (χ2n) is 3.62. The summed E-state index contributed by atoms with van der Waals surface area (Å²) >= 11 is 3.69. The zero-order valence-corrected chi connectivity index (χ0v) is 11.4. The summed E-state index contributed by atoms with van der Waals surface area (Å²) in [4.78, 5) is 4.26. The van der Waals surface area contributed by atoms with Crippen LogP contribution in [-0.4, -0.2) is 22.5 Å². The summed E-state index contributed by atoms with van der Waals surface area (Å²) in [6, 6.07) is 0. The van der Waals surface area contributed by atoms with E-state index in [0.717, 1.165) is 13.1 Å². The molecule has 15 heavy (non-hydrogen) atoms. The molecule has 0 saturated heterocycles. The molecule has 0 aliphatic carbocycles. The third-order valence-electron chi connectivity index (χ3n) is 2.93. The lowest BCUT2D eigenvalue weighted by molar-refractivity contribution is 0.494.